The standard InChI is InChI=1S/C18H22N2O2S/c1-13-16-8-10-23-17(16)7-9-20(13)12-18(21)19-11-14-3-5-15(22-2)6-4-14/h3-6,8,10,13H,7,9,11-12H2,1-2H3,(H,19,21)/t13-/m1/s1. The number of hydrogen-bond donors (Lipinski definition) is 1. The molecule has 3 rings (SSSR count). The van der Waals surface area contributed by atoms with E-state index < -0.39 is 0 Å². The Bertz CT molecular complexity index is 666. The first-order chi connectivity index (χ1) is 11.2. The fraction of sp³-hybridized carbons (Fsp3) is 0.389. The van der Waals surface area contributed by atoms with Gasteiger partial charge in [0.05, 0.1) is 13.7 Å². The van der Waals surface area contributed by atoms with Crippen LogP contribution in [0.2, 0.25) is 0 Å². The maximum Gasteiger partial charge on any atom is 0.234 e. The van der Waals surface area contributed by atoms with Crippen LogP contribution >= 0.6 is 11.3 Å². The lowest BCUT2D eigenvalue weighted by molar-refractivity contribution is -0.123. The predicted molar refractivity (Wildman–Crippen MR) is 92.9 cm³/mol. The number of carbonyl (C=O) groups is 1. The van der Waals surface area contributed by atoms with E-state index in [-0.39, 0.29) is 5.91 Å². The van der Waals surface area contributed by atoms with Gasteiger partial charge in [-0.25, -0.2) is 0 Å². The first kappa shape index (κ1) is 16.0. The summed E-state index contributed by atoms with van der Waals surface area (Å²) in [6.45, 7) is 4.13. The molecule has 0 radical (unpaired) electrons. The van der Waals surface area contributed by atoms with Crippen molar-refractivity contribution in [3.8, 4) is 5.75 Å². The number of thiophene rings is 1. The highest BCUT2D eigenvalue weighted by Gasteiger charge is 2.25. The number of amides is 1. The maximum absolute atomic E-state index is 12.2. The molecular weight excluding hydrogens is 308 g/mol. The first-order valence-electron chi connectivity index (χ1n) is 7.87. The molecule has 1 aliphatic heterocycles. The van der Waals surface area contributed by atoms with Crippen LogP contribution in [-0.2, 0) is 17.8 Å². The monoisotopic (exact) mass is 330 g/mol. The van der Waals surface area contributed by atoms with Gasteiger partial charge in [0.15, 0.2) is 0 Å². The number of nitrogens with one attached hydrogen (secondary N) is 1. The summed E-state index contributed by atoms with van der Waals surface area (Å²) in [5, 5.41) is 5.15. The second-order valence-corrected chi connectivity index (χ2v) is 6.82. The van der Waals surface area contributed by atoms with Crippen molar-refractivity contribution in [2.45, 2.75) is 25.9 Å². The summed E-state index contributed by atoms with van der Waals surface area (Å²) >= 11 is 1.82. The lowest BCUT2D eigenvalue weighted by atomic mass is 10.0. The van der Waals surface area contributed by atoms with Crippen LogP contribution in [0.3, 0.4) is 0 Å². The first-order valence-corrected chi connectivity index (χ1v) is 8.75. The summed E-state index contributed by atoms with van der Waals surface area (Å²) < 4.78 is 5.14. The van der Waals surface area contributed by atoms with Gasteiger partial charge >= 0.3 is 0 Å². The van der Waals surface area contributed by atoms with Crippen molar-refractivity contribution in [1.82, 2.24) is 10.2 Å². The summed E-state index contributed by atoms with van der Waals surface area (Å²) in [4.78, 5) is 15.9. The minimum atomic E-state index is 0.0753. The fourth-order valence-corrected chi connectivity index (χ4v) is 3.92. The summed E-state index contributed by atoms with van der Waals surface area (Å²) in [6, 6.07) is 10.3. The van der Waals surface area contributed by atoms with E-state index in [1.165, 1.54) is 10.4 Å². The highest BCUT2D eigenvalue weighted by Crippen LogP contribution is 2.32. The Morgan fingerprint density at radius 3 is 2.87 bits per heavy atom. The number of methoxy groups -OCH3 is 1. The molecule has 2 heterocycles. The second kappa shape index (κ2) is 7.15. The third-order valence-corrected chi connectivity index (χ3v) is 5.40. The normalized spacial score (nSPS) is 17.6. The van der Waals surface area contributed by atoms with E-state index in [2.05, 4.69) is 28.6 Å². The van der Waals surface area contributed by atoms with E-state index in [4.69, 9.17) is 4.74 Å². The fourth-order valence-electron chi connectivity index (χ4n) is 2.96. The lowest BCUT2D eigenvalue weighted by Gasteiger charge is -2.32. The van der Waals surface area contributed by atoms with E-state index >= 15 is 0 Å². The molecule has 0 spiro atoms. The molecule has 1 amide bonds. The van der Waals surface area contributed by atoms with Crippen molar-refractivity contribution in [2.75, 3.05) is 20.2 Å². The minimum Gasteiger partial charge on any atom is -0.497 e. The Labute approximate surface area is 141 Å². The highest BCUT2D eigenvalue weighted by atomic mass is 32.1. The Balaban J connectivity index is 1.51. The van der Waals surface area contributed by atoms with Gasteiger partial charge in [0.2, 0.25) is 5.91 Å². The van der Waals surface area contributed by atoms with Gasteiger partial charge in [0.25, 0.3) is 0 Å². The largest absolute Gasteiger partial charge is 0.497 e. The Hall–Kier alpha value is -1.85. The van der Waals surface area contributed by atoms with E-state index in [1.54, 1.807) is 7.11 Å². The Morgan fingerprint density at radius 1 is 1.35 bits per heavy atom. The Morgan fingerprint density at radius 2 is 2.13 bits per heavy atom. The van der Waals surface area contributed by atoms with Gasteiger partial charge in [0.1, 0.15) is 5.75 Å². The van der Waals surface area contributed by atoms with Crippen molar-refractivity contribution in [3.63, 3.8) is 0 Å². The molecule has 122 valence electrons. The van der Waals surface area contributed by atoms with Crippen molar-refractivity contribution in [3.05, 3.63) is 51.7 Å². The molecular formula is C18H22N2O2S. The quantitative estimate of drug-likeness (QED) is 0.916. The lowest BCUT2D eigenvalue weighted by Crippen LogP contribution is -2.41. The molecule has 1 aromatic carbocycles. The topological polar surface area (TPSA) is 41.6 Å². The average Bonchev–Trinajstić information content (AvgIpc) is 3.05. The molecule has 1 atom stereocenters. The molecule has 0 fully saturated rings. The van der Waals surface area contributed by atoms with E-state index in [0.717, 1.165) is 24.3 Å². The van der Waals surface area contributed by atoms with Gasteiger partial charge < -0.3 is 10.1 Å². The molecule has 4 nitrogen and oxygen atoms in total. The highest BCUT2D eigenvalue weighted by molar-refractivity contribution is 7.10. The maximum atomic E-state index is 12.2. The van der Waals surface area contributed by atoms with E-state index in [0.29, 0.717) is 19.1 Å². The molecule has 5 heteroatoms. The van der Waals surface area contributed by atoms with Crippen LogP contribution in [0.5, 0.6) is 5.75 Å². The van der Waals surface area contributed by atoms with Crippen LogP contribution < -0.4 is 10.1 Å². The third-order valence-electron chi connectivity index (χ3n) is 4.40. The number of nitrogens with zero attached hydrogens (tertiary/aromatic N) is 1. The molecule has 0 saturated heterocycles. The van der Waals surface area contributed by atoms with Crippen LogP contribution in [0.15, 0.2) is 35.7 Å². The predicted octanol–water partition coefficient (Wildman–Crippen LogP) is 2.99. The van der Waals surface area contributed by atoms with Crippen LogP contribution in [-0.4, -0.2) is 31.0 Å². The molecule has 1 N–H and O–H groups in total. The van der Waals surface area contributed by atoms with E-state index in [9.17, 15) is 4.79 Å². The van der Waals surface area contributed by atoms with Gasteiger partial charge in [-0.05, 0) is 48.1 Å². The molecule has 0 unspecified atom stereocenters. The van der Waals surface area contributed by atoms with Crippen molar-refractivity contribution in [2.24, 2.45) is 0 Å². The molecule has 0 aliphatic carbocycles. The van der Waals surface area contributed by atoms with Crippen molar-refractivity contribution >= 4 is 17.2 Å². The molecule has 1 aromatic heterocycles. The summed E-state index contributed by atoms with van der Waals surface area (Å²) in [6.07, 6.45) is 1.04. The van der Waals surface area contributed by atoms with Gasteiger partial charge in [0, 0.05) is 24.0 Å². The summed E-state index contributed by atoms with van der Waals surface area (Å²) in [7, 11) is 1.65. The molecule has 0 bridgehead atoms. The zero-order valence-corrected chi connectivity index (χ0v) is 14.4. The smallest absolute Gasteiger partial charge is 0.234 e. The third kappa shape index (κ3) is 3.74. The van der Waals surface area contributed by atoms with Gasteiger partial charge in [-0.3, -0.25) is 9.69 Å². The van der Waals surface area contributed by atoms with Crippen LogP contribution in [0.25, 0.3) is 0 Å². The van der Waals surface area contributed by atoms with E-state index in [1.807, 2.05) is 35.6 Å². The van der Waals surface area contributed by atoms with Gasteiger partial charge in [-0.1, -0.05) is 12.1 Å². The number of hydrogen-bond acceptors (Lipinski definition) is 4. The minimum absolute atomic E-state index is 0.0753. The molecule has 23 heavy (non-hydrogen) atoms. The molecule has 1 aliphatic rings. The zero-order valence-electron chi connectivity index (χ0n) is 13.5. The SMILES string of the molecule is COc1ccc(CNC(=O)CN2CCc3sccc3[C@H]2C)cc1. The summed E-state index contributed by atoms with van der Waals surface area (Å²) in [5.41, 5.74) is 2.45. The average molecular weight is 330 g/mol. The Kier molecular flexibility index (Phi) is 4.98. The number of benzene rings is 1. The van der Waals surface area contributed by atoms with Gasteiger partial charge in [-0.15, -0.1) is 11.3 Å². The number of carbonyl (C=O) groups excluding carboxylic acids is 1. The number of rotatable bonds is 5. The summed E-state index contributed by atoms with van der Waals surface area (Å²) in [5.74, 6) is 0.903. The van der Waals surface area contributed by atoms with Crippen LogP contribution in [0.1, 0.15) is 29.0 Å². The zero-order chi connectivity index (χ0) is 16.2. The molecule has 2 aromatic rings. The van der Waals surface area contributed by atoms with Crippen molar-refractivity contribution < 1.29 is 9.53 Å². The van der Waals surface area contributed by atoms with Crippen molar-refractivity contribution in [1.29, 1.82) is 0 Å². The van der Waals surface area contributed by atoms with Crippen LogP contribution in [0.4, 0.5) is 0 Å². The van der Waals surface area contributed by atoms with Gasteiger partial charge in [-0.2, -0.15) is 0 Å². The second-order valence-electron chi connectivity index (χ2n) is 5.82. The van der Waals surface area contributed by atoms with Crippen LogP contribution in [0, 0.1) is 0 Å². The number of fused-ring (bicyclic) bond motifs is 1. The number of ether oxygens (including phenoxy) is 1. The molecule has 0 saturated carbocycles.